The summed E-state index contributed by atoms with van der Waals surface area (Å²) in [7, 11) is 0. The molecule has 2 saturated carbocycles. The van der Waals surface area contributed by atoms with Crippen molar-refractivity contribution < 1.29 is 14.7 Å². The average Bonchev–Trinajstić information content (AvgIpc) is 3.24. The summed E-state index contributed by atoms with van der Waals surface area (Å²) in [4.78, 5) is 29.6. The van der Waals surface area contributed by atoms with Gasteiger partial charge in [-0.1, -0.05) is 0 Å². The van der Waals surface area contributed by atoms with Crippen LogP contribution in [0.1, 0.15) is 47.0 Å². The van der Waals surface area contributed by atoms with Gasteiger partial charge in [0.2, 0.25) is 0 Å². The van der Waals surface area contributed by atoms with Gasteiger partial charge in [-0.3, -0.25) is 9.59 Å². The Morgan fingerprint density at radius 2 is 2.11 bits per heavy atom. The molecule has 1 N–H and O–H groups in total. The van der Waals surface area contributed by atoms with E-state index < -0.39 is 5.97 Å². The van der Waals surface area contributed by atoms with Crippen molar-refractivity contribution in [3.05, 3.63) is 16.1 Å². The van der Waals surface area contributed by atoms with Crippen LogP contribution in [0.2, 0.25) is 0 Å². The van der Waals surface area contributed by atoms with Gasteiger partial charge in [-0.2, -0.15) is 0 Å². The Kier molecular flexibility index (Phi) is 2.81. The van der Waals surface area contributed by atoms with Crippen LogP contribution in [0.15, 0.2) is 5.51 Å². The first-order valence-corrected chi connectivity index (χ1v) is 7.01. The van der Waals surface area contributed by atoms with Crippen LogP contribution >= 0.6 is 11.3 Å². The number of nitrogens with zero attached hydrogens (tertiary/aromatic N) is 2. The first-order chi connectivity index (χ1) is 8.66. The van der Waals surface area contributed by atoms with Crippen LogP contribution in [-0.2, 0) is 4.79 Å². The van der Waals surface area contributed by atoms with Gasteiger partial charge in [-0.15, -0.1) is 11.3 Å². The van der Waals surface area contributed by atoms with Crippen LogP contribution < -0.4 is 0 Å². The number of hydrogen-bond acceptors (Lipinski definition) is 4. The summed E-state index contributed by atoms with van der Waals surface area (Å²) in [5.74, 6) is -0.682. The smallest absolute Gasteiger partial charge is 0.323 e. The van der Waals surface area contributed by atoms with Crippen molar-refractivity contribution in [2.75, 3.05) is 6.54 Å². The fourth-order valence-electron chi connectivity index (χ4n) is 2.09. The summed E-state index contributed by atoms with van der Waals surface area (Å²) in [6, 6.07) is 0.114. The summed E-state index contributed by atoms with van der Waals surface area (Å²) >= 11 is 1.33. The van der Waals surface area contributed by atoms with Gasteiger partial charge < -0.3 is 10.0 Å². The first kappa shape index (κ1) is 11.6. The predicted molar refractivity (Wildman–Crippen MR) is 65.8 cm³/mol. The zero-order chi connectivity index (χ0) is 12.7. The highest BCUT2D eigenvalue weighted by Crippen LogP contribution is 2.42. The van der Waals surface area contributed by atoms with E-state index in [4.69, 9.17) is 5.11 Å². The summed E-state index contributed by atoms with van der Waals surface area (Å²) in [5.41, 5.74) is 2.56. The third-order valence-electron chi connectivity index (χ3n) is 3.31. The number of hydrogen-bond donors (Lipinski definition) is 1. The molecule has 1 heterocycles. The molecular formula is C12H14N2O3S. The Morgan fingerprint density at radius 1 is 1.39 bits per heavy atom. The van der Waals surface area contributed by atoms with Crippen molar-refractivity contribution in [3.8, 4) is 0 Å². The first-order valence-electron chi connectivity index (χ1n) is 6.13. The van der Waals surface area contributed by atoms with Crippen molar-refractivity contribution in [1.29, 1.82) is 0 Å². The maximum atomic E-state index is 12.4. The fourth-order valence-corrected chi connectivity index (χ4v) is 2.92. The molecule has 2 fully saturated rings. The molecule has 0 aromatic carbocycles. The van der Waals surface area contributed by atoms with E-state index in [1.165, 1.54) is 16.2 Å². The fraction of sp³-hybridized carbons (Fsp3) is 0.583. The predicted octanol–water partition coefficient (Wildman–Crippen LogP) is 1.71. The molecule has 96 valence electrons. The van der Waals surface area contributed by atoms with E-state index in [9.17, 15) is 9.59 Å². The highest BCUT2D eigenvalue weighted by atomic mass is 32.1. The second-order valence-electron chi connectivity index (χ2n) is 4.90. The Labute approximate surface area is 108 Å². The summed E-state index contributed by atoms with van der Waals surface area (Å²) in [6.45, 7) is -0.203. The maximum Gasteiger partial charge on any atom is 0.323 e. The van der Waals surface area contributed by atoms with E-state index in [0.29, 0.717) is 10.8 Å². The van der Waals surface area contributed by atoms with Crippen molar-refractivity contribution in [2.45, 2.75) is 37.6 Å². The van der Waals surface area contributed by atoms with Gasteiger partial charge in [0.1, 0.15) is 11.4 Å². The van der Waals surface area contributed by atoms with Crippen LogP contribution in [0.5, 0.6) is 0 Å². The number of aliphatic carboxylic acids is 1. The van der Waals surface area contributed by atoms with Gasteiger partial charge in [0, 0.05) is 12.0 Å². The van der Waals surface area contributed by atoms with Crippen molar-refractivity contribution in [2.24, 2.45) is 0 Å². The third-order valence-corrected chi connectivity index (χ3v) is 4.14. The minimum Gasteiger partial charge on any atom is -0.480 e. The van der Waals surface area contributed by atoms with Crippen molar-refractivity contribution in [3.63, 3.8) is 0 Å². The van der Waals surface area contributed by atoms with Crippen LogP contribution in [0.3, 0.4) is 0 Å². The van der Waals surface area contributed by atoms with E-state index in [0.717, 1.165) is 31.4 Å². The zero-order valence-electron chi connectivity index (χ0n) is 9.83. The van der Waals surface area contributed by atoms with E-state index in [1.54, 1.807) is 5.51 Å². The number of aromatic nitrogens is 1. The Hall–Kier alpha value is -1.43. The molecule has 0 saturated heterocycles. The van der Waals surface area contributed by atoms with Gasteiger partial charge in [0.05, 0.1) is 11.2 Å². The van der Waals surface area contributed by atoms with Gasteiger partial charge in [0.25, 0.3) is 5.91 Å². The molecular weight excluding hydrogens is 252 g/mol. The molecule has 0 atom stereocenters. The lowest BCUT2D eigenvalue weighted by molar-refractivity contribution is -0.137. The van der Waals surface area contributed by atoms with Crippen molar-refractivity contribution >= 4 is 23.2 Å². The Balaban J connectivity index is 1.82. The van der Waals surface area contributed by atoms with Crippen molar-refractivity contribution in [1.82, 2.24) is 9.88 Å². The minimum absolute atomic E-state index is 0.114. The van der Waals surface area contributed by atoms with Gasteiger partial charge in [-0.25, -0.2) is 4.98 Å². The average molecular weight is 266 g/mol. The van der Waals surface area contributed by atoms with E-state index in [2.05, 4.69) is 4.98 Å². The van der Waals surface area contributed by atoms with Gasteiger partial charge >= 0.3 is 5.97 Å². The Bertz CT molecular complexity index is 491. The molecule has 1 aromatic heterocycles. The van der Waals surface area contributed by atoms with Gasteiger partial charge in [0.15, 0.2) is 0 Å². The quantitative estimate of drug-likeness (QED) is 0.880. The number of carbonyl (C=O) groups is 2. The number of thiazole rings is 1. The molecule has 0 unspecified atom stereocenters. The molecule has 0 aliphatic heterocycles. The molecule has 0 spiro atoms. The monoisotopic (exact) mass is 266 g/mol. The van der Waals surface area contributed by atoms with Crippen LogP contribution in [0, 0.1) is 0 Å². The van der Waals surface area contributed by atoms with E-state index in [1.807, 2.05) is 0 Å². The van der Waals surface area contributed by atoms with Crippen LogP contribution in [-0.4, -0.2) is 39.5 Å². The number of amides is 1. The van der Waals surface area contributed by atoms with Crippen LogP contribution in [0.25, 0.3) is 0 Å². The molecule has 1 amide bonds. The summed E-state index contributed by atoms with van der Waals surface area (Å²) in [5, 5.41) is 8.89. The lowest BCUT2D eigenvalue weighted by atomic mass is 10.2. The molecule has 0 radical (unpaired) electrons. The summed E-state index contributed by atoms with van der Waals surface area (Å²) < 4.78 is 0. The molecule has 18 heavy (non-hydrogen) atoms. The molecule has 5 nitrogen and oxygen atoms in total. The molecule has 6 heteroatoms. The molecule has 2 aliphatic carbocycles. The largest absolute Gasteiger partial charge is 0.480 e. The van der Waals surface area contributed by atoms with E-state index in [-0.39, 0.29) is 18.5 Å². The number of rotatable bonds is 5. The van der Waals surface area contributed by atoms with E-state index >= 15 is 0 Å². The normalized spacial score (nSPS) is 18.7. The highest BCUT2D eigenvalue weighted by molar-refractivity contribution is 7.11. The second-order valence-corrected chi connectivity index (χ2v) is 5.75. The molecule has 3 rings (SSSR count). The molecule has 0 bridgehead atoms. The summed E-state index contributed by atoms with van der Waals surface area (Å²) in [6.07, 6.45) is 4.01. The SMILES string of the molecule is O=C(O)CN(C(=O)c1scnc1C1CC1)C1CC1. The lowest BCUT2D eigenvalue weighted by Gasteiger charge is -2.19. The highest BCUT2D eigenvalue weighted by Gasteiger charge is 2.38. The van der Waals surface area contributed by atoms with Crippen LogP contribution in [0.4, 0.5) is 0 Å². The second kappa shape index (κ2) is 4.35. The lowest BCUT2D eigenvalue weighted by Crippen LogP contribution is -2.37. The maximum absolute atomic E-state index is 12.4. The number of carboxylic acid groups (broad SMARTS) is 1. The third kappa shape index (κ3) is 2.25. The standard InChI is InChI=1S/C12H14N2O3S/c15-9(16)5-14(8-3-4-8)12(17)11-10(7-1-2-7)13-6-18-11/h6-8H,1-5H2,(H,15,16). The Morgan fingerprint density at radius 3 is 2.67 bits per heavy atom. The minimum atomic E-state index is -0.951. The number of carboxylic acids is 1. The van der Waals surface area contributed by atoms with Gasteiger partial charge in [-0.05, 0) is 25.7 Å². The zero-order valence-corrected chi connectivity index (χ0v) is 10.7. The topological polar surface area (TPSA) is 70.5 Å². The molecule has 2 aliphatic rings. The molecule has 1 aromatic rings. The number of carbonyl (C=O) groups excluding carboxylic acids is 1.